The highest BCUT2D eigenvalue weighted by Gasteiger charge is 2.25. The molecule has 18 heavy (non-hydrogen) atoms. The zero-order chi connectivity index (χ0) is 12.7. The Labute approximate surface area is 117 Å². The average molecular weight is 330 g/mol. The van der Waals surface area contributed by atoms with Crippen molar-refractivity contribution < 1.29 is 0 Å². The van der Waals surface area contributed by atoms with Crippen LogP contribution in [-0.2, 0) is 6.54 Å². The topological polar surface area (TPSA) is 52.7 Å². The SMILES string of the molecule is O=c1c(Br)c(Cl)ncn1Cc1cncn1C1CC1. The first kappa shape index (κ1) is 11.9. The number of nitrogens with zero attached hydrogens (tertiary/aromatic N) is 4. The number of hydrogen-bond donors (Lipinski definition) is 0. The van der Waals surface area contributed by atoms with Crippen LogP contribution in [0.1, 0.15) is 24.6 Å². The van der Waals surface area contributed by atoms with Crippen LogP contribution in [0.2, 0.25) is 5.15 Å². The summed E-state index contributed by atoms with van der Waals surface area (Å²) in [7, 11) is 0. The van der Waals surface area contributed by atoms with E-state index < -0.39 is 0 Å². The summed E-state index contributed by atoms with van der Waals surface area (Å²) < 4.78 is 3.94. The molecule has 0 N–H and O–H groups in total. The second kappa shape index (κ2) is 4.51. The van der Waals surface area contributed by atoms with Crippen molar-refractivity contribution in [3.05, 3.63) is 44.5 Å². The van der Waals surface area contributed by atoms with Gasteiger partial charge in [-0.25, -0.2) is 9.97 Å². The first-order chi connectivity index (χ1) is 8.66. The minimum absolute atomic E-state index is 0.182. The van der Waals surface area contributed by atoms with Crippen molar-refractivity contribution >= 4 is 27.5 Å². The van der Waals surface area contributed by atoms with Crippen LogP contribution >= 0.6 is 27.5 Å². The third-order valence-electron chi connectivity index (χ3n) is 2.96. The highest BCUT2D eigenvalue weighted by molar-refractivity contribution is 9.10. The third-order valence-corrected chi connectivity index (χ3v) is 4.19. The number of hydrogen-bond acceptors (Lipinski definition) is 3. The van der Waals surface area contributed by atoms with E-state index in [1.165, 1.54) is 23.7 Å². The van der Waals surface area contributed by atoms with Crippen LogP contribution in [0.3, 0.4) is 0 Å². The lowest BCUT2D eigenvalue weighted by molar-refractivity contribution is 0.637. The van der Waals surface area contributed by atoms with Gasteiger partial charge < -0.3 is 4.57 Å². The molecular formula is C11H10BrClN4O. The third kappa shape index (κ3) is 2.10. The maximum Gasteiger partial charge on any atom is 0.269 e. The molecule has 0 radical (unpaired) electrons. The van der Waals surface area contributed by atoms with Crippen LogP contribution in [0.15, 0.2) is 28.1 Å². The molecule has 7 heteroatoms. The highest BCUT2D eigenvalue weighted by Crippen LogP contribution is 2.35. The standard InChI is InChI=1S/C11H10BrClN4O/c12-9-10(13)15-6-16(11(9)18)4-8-3-14-5-17(8)7-1-2-7/h3,5-7H,1-2,4H2. The fraction of sp³-hybridized carbons (Fsp3) is 0.364. The molecule has 94 valence electrons. The molecule has 1 fully saturated rings. The van der Waals surface area contributed by atoms with Gasteiger partial charge in [-0.2, -0.15) is 0 Å². The first-order valence-corrected chi connectivity index (χ1v) is 6.75. The van der Waals surface area contributed by atoms with Crippen LogP contribution in [0.25, 0.3) is 0 Å². The van der Waals surface area contributed by atoms with Crippen LogP contribution in [0.4, 0.5) is 0 Å². The van der Waals surface area contributed by atoms with Gasteiger partial charge in [0.2, 0.25) is 0 Å². The molecule has 0 aliphatic heterocycles. The molecule has 1 aliphatic carbocycles. The average Bonchev–Trinajstić information content (AvgIpc) is 3.11. The van der Waals surface area contributed by atoms with Crippen molar-refractivity contribution in [2.75, 3.05) is 0 Å². The zero-order valence-corrected chi connectivity index (χ0v) is 11.7. The summed E-state index contributed by atoms with van der Waals surface area (Å²) >= 11 is 8.91. The van der Waals surface area contributed by atoms with E-state index in [1.807, 2.05) is 6.33 Å². The smallest absolute Gasteiger partial charge is 0.269 e. The molecule has 1 saturated carbocycles. The van der Waals surface area contributed by atoms with Gasteiger partial charge in [0.1, 0.15) is 4.47 Å². The molecule has 3 rings (SSSR count). The van der Waals surface area contributed by atoms with Crippen molar-refractivity contribution in [2.24, 2.45) is 0 Å². The zero-order valence-electron chi connectivity index (χ0n) is 9.38. The Balaban J connectivity index is 1.95. The summed E-state index contributed by atoms with van der Waals surface area (Å²) in [5.41, 5.74) is 0.828. The van der Waals surface area contributed by atoms with Crippen LogP contribution in [-0.4, -0.2) is 19.1 Å². The largest absolute Gasteiger partial charge is 0.330 e. The fourth-order valence-electron chi connectivity index (χ4n) is 1.87. The summed E-state index contributed by atoms with van der Waals surface area (Å²) in [6.07, 6.45) is 7.42. The molecule has 0 saturated heterocycles. The van der Waals surface area contributed by atoms with E-state index in [9.17, 15) is 4.79 Å². The molecule has 2 heterocycles. The quantitative estimate of drug-likeness (QED) is 0.812. The summed E-state index contributed by atoms with van der Waals surface area (Å²) in [5.74, 6) is 0. The van der Waals surface area contributed by atoms with Gasteiger partial charge >= 0.3 is 0 Å². The van der Waals surface area contributed by atoms with E-state index in [-0.39, 0.29) is 10.7 Å². The van der Waals surface area contributed by atoms with Gasteiger partial charge in [0, 0.05) is 12.2 Å². The van der Waals surface area contributed by atoms with Gasteiger partial charge in [-0.3, -0.25) is 9.36 Å². The van der Waals surface area contributed by atoms with Crippen molar-refractivity contribution in [1.82, 2.24) is 19.1 Å². The van der Waals surface area contributed by atoms with Gasteiger partial charge in [-0.15, -0.1) is 0 Å². The maximum absolute atomic E-state index is 12.0. The lowest BCUT2D eigenvalue weighted by atomic mass is 10.4. The van der Waals surface area contributed by atoms with Gasteiger partial charge in [0.15, 0.2) is 5.15 Å². The number of imidazole rings is 1. The van der Waals surface area contributed by atoms with E-state index in [2.05, 4.69) is 30.5 Å². The Bertz CT molecular complexity index is 647. The van der Waals surface area contributed by atoms with E-state index in [1.54, 1.807) is 6.20 Å². The molecule has 0 bridgehead atoms. The second-order valence-electron chi connectivity index (χ2n) is 4.31. The Morgan fingerprint density at radius 3 is 2.94 bits per heavy atom. The van der Waals surface area contributed by atoms with Crippen LogP contribution in [0, 0.1) is 0 Å². The van der Waals surface area contributed by atoms with E-state index in [4.69, 9.17) is 11.6 Å². The number of rotatable bonds is 3. The monoisotopic (exact) mass is 328 g/mol. The predicted molar refractivity (Wildman–Crippen MR) is 70.8 cm³/mol. The summed E-state index contributed by atoms with van der Waals surface area (Å²) in [5, 5.41) is 0.187. The van der Waals surface area contributed by atoms with Crippen molar-refractivity contribution in [3.63, 3.8) is 0 Å². The minimum Gasteiger partial charge on any atom is -0.330 e. The van der Waals surface area contributed by atoms with E-state index in [0.717, 1.165) is 5.69 Å². The van der Waals surface area contributed by atoms with Crippen molar-refractivity contribution in [3.8, 4) is 0 Å². The molecule has 0 aromatic carbocycles. The Hall–Kier alpha value is -1.14. The maximum atomic E-state index is 12.0. The number of aromatic nitrogens is 4. The second-order valence-corrected chi connectivity index (χ2v) is 5.46. The lowest BCUT2D eigenvalue weighted by Crippen LogP contribution is -2.23. The minimum atomic E-state index is -0.182. The highest BCUT2D eigenvalue weighted by atomic mass is 79.9. The van der Waals surface area contributed by atoms with Crippen LogP contribution in [0.5, 0.6) is 0 Å². The normalized spacial score (nSPS) is 15.0. The van der Waals surface area contributed by atoms with Crippen molar-refractivity contribution in [2.45, 2.75) is 25.4 Å². The van der Waals surface area contributed by atoms with Gasteiger partial charge in [0.05, 0.1) is 24.9 Å². The van der Waals surface area contributed by atoms with Crippen LogP contribution < -0.4 is 5.56 Å². The molecule has 0 spiro atoms. The summed E-state index contributed by atoms with van der Waals surface area (Å²) in [4.78, 5) is 20.1. The van der Waals surface area contributed by atoms with Gasteiger partial charge in [-0.05, 0) is 28.8 Å². The molecule has 1 aliphatic rings. The predicted octanol–water partition coefficient (Wildman–Crippen LogP) is 2.24. The molecule has 2 aromatic heterocycles. The molecule has 2 aromatic rings. The summed E-state index contributed by atoms with van der Waals surface area (Å²) in [6, 6.07) is 0.543. The Kier molecular flexibility index (Phi) is 2.99. The van der Waals surface area contributed by atoms with Crippen molar-refractivity contribution in [1.29, 1.82) is 0 Å². The summed E-state index contributed by atoms with van der Waals surface area (Å²) in [6.45, 7) is 0.456. The molecule has 5 nitrogen and oxygen atoms in total. The Morgan fingerprint density at radius 2 is 2.22 bits per heavy atom. The van der Waals surface area contributed by atoms with E-state index >= 15 is 0 Å². The van der Waals surface area contributed by atoms with E-state index in [0.29, 0.717) is 17.1 Å². The fourth-order valence-corrected chi connectivity index (χ4v) is 2.32. The molecule has 0 atom stereocenters. The number of halogens is 2. The van der Waals surface area contributed by atoms with Gasteiger partial charge in [0.25, 0.3) is 5.56 Å². The first-order valence-electron chi connectivity index (χ1n) is 5.58. The Morgan fingerprint density at radius 1 is 1.44 bits per heavy atom. The lowest BCUT2D eigenvalue weighted by Gasteiger charge is -2.09. The molecular weight excluding hydrogens is 320 g/mol. The molecule has 0 amide bonds. The van der Waals surface area contributed by atoms with Gasteiger partial charge in [-0.1, -0.05) is 11.6 Å². The molecule has 0 unspecified atom stereocenters.